The van der Waals surface area contributed by atoms with Crippen LogP contribution >= 0.6 is 0 Å². The minimum atomic E-state index is -0.0936. The third kappa shape index (κ3) is 2.05. The van der Waals surface area contributed by atoms with Gasteiger partial charge in [-0.15, -0.1) is 0 Å². The van der Waals surface area contributed by atoms with Crippen molar-refractivity contribution in [2.45, 2.75) is 6.29 Å². The van der Waals surface area contributed by atoms with Crippen LogP contribution in [0.5, 0.6) is 0 Å². The number of hydrogen-bond acceptors (Lipinski definition) is 3. The number of para-hydroxylation sites is 1. The summed E-state index contributed by atoms with van der Waals surface area (Å²) in [5.41, 5.74) is 1.23. The molecule has 1 saturated heterocycles. The highest BCUT2D eigenvalue weighted by Gasteiger charge is 2.19. The molecule has 0 aliphatic carbocycles. The SMILES string of the molecule is COC1CN(c2ccccc2)CCO1. The van der Waals surface area contributed by atoms with E-state index < -0.39 is 0 Å². The molecule has 0 spiro atoms. The van der Waals surface area contributed by atoms with Crippen LogP contribution < -0.4 is 4.90 Å². The van der Waals surface area contributed by atoms with Gasteiger partial charge in [0.25, 0.3) is 0 Å². The first-order valence-corrected chi connectivity index (χ1v) is 4.84. The van der Waals surface area contributed by atoms with Crippen LogP contribution in [0.4, 0.5) is 5.69 Å². The maximum Gasteiger partial charge on any atom is 0.174 e. The quantitative estimate of drug-likeness (QED) is 0.710. The van der Waals surface area contributed by atoms with Gasteiger partial charge in [-0.05, 0) is 12.1 Å². The van der Waals surface area contributed by atoms with Crippen LogP contribution in [0.1, 0.15) is 0 Å². The Morgan fingerprint density at radius 2 is 2.14 bits per heavy atom. The zero-order valence-electron chi connectivity index (χ0n) is 8.35. The molecule has 1 aromatic carbocycles. The Kier molecular flexibility index (Phi) is 3.01. The van der Waals surface area contributed by atoms with Crippen LogP contribution in [-0.2, 0) is 9.47 Å². The monoisotopic (exact) mass is 193 g/mol. The number of benzene rings is 1. The highest BCUT2D eigenvalue weighted by molar-refractivity contribution is 5.46. The molecule has 0 aromatic heterocycles. The van der Waals surface area contributed by atoms with Gasteiger partial charge in [-0.2, -0.15) is 0 Å². The molecule has 1 fully saturated rings. The van der Waals surface area contributed by atoms with Crippen LogP contribution in [0.2, 0.25) is 0 Å². The highest BCUT2D eigenvalue weighted by Crippen LogP contribution is 2.16. The molecule has 0 radical (unpaired) electrons. The Balaban J connectivity index is 2.04. The molecule has 1 aromatic rings. The Labute approximate surface area is 84.2 Å². The fourth-order valence-electron chi connectivity index (χ4n) is 1.63. The number of nitrogens with zero attached hydrogens (tertiary/aromatic N) is 1. The fraction of sp³-hybridized carbons (Fsp3) is 0.455. The van der Waals surface area contributed by atoms with Crippen molar-refractivity contribution in [3.63, 3.8) is 0 Å². The molecule has 0 amide bonds. The van der Waals surface area contributed by atoms with Gasteiger partial charge in [-0.1, -0.05) is 18.2 Å². The maximum absolute atomic E-state index is 5.41. The summed E-state index contributed by atoms with van der Waals surface area (Å²) in [6.45, 7) is 2.47. The molecule has 1 heterocycles. The van der Waals surface area contributed by atoms with Crippen LogP contribution in [0.3, 0.4) is 0 Å². The van der Waals surface area contributed by atoms with Crippen LogP contribution in [0, 0.1) is 0 Å². The van der Waals surface area contributed by atoms with Crippen molar-refractivity contribution in [2.24, 2.45) is 0 Å². The topological polar surface area (TPSA) is 21.7 Å². The molecular formula is C11H15NO2. The molecule has 1 aliphatic rings. The molecule has 0 N–H and O–H groups in total. The second-order valence-corrected chi connectivity index (χ2v) is 3.32. The van der Waals surface area contributed by atoms with Crippen molar-refractivity contribution in [3.05, 3.63) is 30.3 Å². The van der Waals surface area contributed by atoms with E-state index in [0.29, 0.717) is 0 Å². The molecule has 0 bridgehead atoms. The minimum absolute atomic E-state index is 0.0936. The average molecular weight is 193 g/mol. The molecular weight excluding hydrogens is 178 g/mol. The molecule has 14 heavy (non-hydrogen) atoms. The summed E-state index contributed by atoms with van der Waals surface area (Å²) in [5, 5.41) is 0. The van der Waals surface area contributed by atoms with Gasteiger partial charge in [-0.25, -0.2) is 0 Å². The smallest absolute Gasteiger partial charge is 0.174 e. The molecule has 3 nitrogen and oxygen atoms in total. The first kappa shape index (κ1) is 9.49. The van der Waals surface area contributed by atoms with Crippen molar-refractivity contribution in [1.29, 1.82) is 0 Å². The van der Waals surface area contributed by atoms with E-state index >= 15 is 0 Å². The third-order valence-corrected chi connectivity index (χ3v) is 2.42. The molecule has 1 atom stereocenters. The van der Waals surface area contributed by atoms with Crippen LogP contribution in [0.15, 0.2) is 30.3 Å². The van der Waals surface area contributed by atoms with Crippen molar-refractivity contribution < 1.29 is 9.47 Å². The van der Waals surface area contributed by atoms with Crippen LogP contribution in [0.25, 0.3) is 0 Å². The van der Waals surface area contributed by atoms with Crippen LogP contribution in [-0.4, -0.2) is 33.1 Å². The summed E-state index contributed by atoms with van der Waals surface area (Å²) in [5.74, 6) is 0. The Bertz CT molecular complexity index is 276. The summed E-state index contributed by atoms with van der Waals surface area (Å²) < 4.78 is 10.6. The number of hydrogen-bond donors (Lipinski definition) is 0. The second kappa shape index (κ2) is 4.44. The third-order valence-electron chi connectivity index (χ3n) is 2.42. The number of rotatable bonds is 2. The summed E-state index contributed by atoms with van der Waals surface area (Å²) in [6, 6.07) is 10.3. The van der Waals surface area contributed by atoms with Gasteiger partial charge in [0.05, 0.1) is 13.2 Å². The minimum Gasteiger partial charge on any atom is -0.364 e. The maximum atomic E-state index is 5.41. The Morgan fingerprint density at radius 3 is 2.86 bits per heavy atom. The molecule has 0 saturated carbocycles. The molecule has 3 heteroatoms. The Hall–Kier alpha value is -1.06. The van der Waals surface area contributed by atoms with E-state index in [0.717, 1.165) is 19.7 Å². The standard InChI is InChI=1S/C11H15NO2/c1-13-11-9-12(7-8-14-11)10-5-3-2-4-6-10/h2-6,11H,7-9H2,1H3. The number of morpholine rings is 1. The molecule has 1 aliphatic heterocycles. The van der Waals surface area contributed by atoms with Gasteiger partial charge in [0.15, 0.2) is 6.29 Å². The zero-order valence-corrected chi connectivity index (χ0v) is 8.35. The van der Waals surface area contributed by atoms with E-state index in [9.17, 15) is 0 Å². The largest absolute Gasteiger partial charge is 0.364 e. The molecule has 2 rings (SSSR count). The summed E-state index contributed by atoms with van der Waals surface area (Å²) in [4.78, 5) is 2.28. The van der Waals surface area contributed by atoms with Crippen molar-refractivity contribution in [2.75, 3.05) is 31.7 Å². The lowest BCUT2D eigenvalue weighted by Crippen LogP contribution is -2.43. The summed E-state index contributed by atoms with van der Waals surface area (Å²) >= 11 is 0. The number of methoxy groups -OCH3 is 1. The normalized spacial score (nSPS) is 22.4. The molecule has 76 valence electrons. The predicted octanol–water partition coefficient (Wildman–Crippen LogP) is 1.50. The van der Waals surface area contributed by atoms with E-state index in [1.807, 2.05) is 18.2 Å². The first-order valence-electron chi connectivity index (χ1n) is 4.84. The van der Waals surface area contributed by atoms with E-state index in [-0.39, 0.29) is 6.29 Å². The first-order chi connectivity index (χ1) is 6.90. The van der Waals surface area contributed by atoms with Gasteiger partial charge >= 0.3 is 0 Å². The van der Waals surface area contributed by atoms with Crippen molar-refractivity contribution in [1.82, 2.24) is 0 Å². The highest BCUT2D eigenvalue weighted by atomic mass is 16.7. The lowest BCUT2D eigenvalue weighted by molar-refractivity contribution is -0.128. The Morgan fingerprint density at radius 1 is 1.36 bits per heavy atom. The fourth-order valence-corrected chi connectivity index (χ4v) is 1.63. The number of ether oxygens (including phenoxy) is 2. The van der Waals surface area contributed by atoms with E-state index in [1.54, 1.807) is 7.11 Å². The van der Waals surface area contributed by atoms with Gasteiger partial charge in [-0.3, -0.25) is 0 Å². The van der Waals surface area contributed by atoms with Gasteiger partial charge in [0.1, 0.15) is 0 Å². The van der Waals surface area contributed by atoms with Gasteiger partial charge in [0.2, 0.25) is 0 Å². The zero-order chi connectivity index (χ0) is 9.80. The second-order valence-electron chi connectivity index (χ2n) is 3.32. The van der Waals surface area contributed by atoms with E-state index in [4.69, 9.17) is 9.47 Å². The lowest BCUT2D eigenvalue weighted by Gasteiger charge is -2.33. The van der Waals surface area contributed by atoms with Crippen molar-refractivity contribution in [3.8, 4) is 0 Å². The van der Waals surface area contributed by atoms with E-state index in [1.165, 1.54) is 5.69 Å². The van der Waals surface area contributed by atoms with Gasteiger partial charge < -0.3 is 14.4 Å². The molecule has 1 unspecified atom stereocenters. The van der Waals surface area contributed by atoms with E-state index in [2.05, 4.69) is 17.0 Å². The number of anilines is 1. The average Bonchev–Trinajstić information content (AvgIpc) is 2.30. The summed E-state index contributed by atoms with van der Waals surface area (Å²) in [7, 11) is 1.68. The lowest BCUT2D eigenvalue weighted by atomic mass is 10.2. The van der Waals surface area contributed by atoms with Gasteiger partial charge in [0, 0.05) is 19.3 Å². The predicted molar refractivity (Wildman–Crippen MR) is 55.4 cm³/mol. The van der Waals surface area contributed by atoms with Crippen molar-refractivity contribution >= 4 is 5.69 Å². The summed E-state index contributed by atoms with van der Waals surface area (Å²) in [6.07, 6.45) is -0.0936.